The van der Waals surface area contributed by atoms with Gasteiger partial charge in [0, 0.05) is 6.42 Å². The van der Waals surface area contributed by atoms with E-state index in [2.05, 4.69) is 15.3 Å². The van der Waals surface area contributed by atoms with E-state index in [9.17, 15) is 4.79 Å². The zero-order valence-electron chi connectivity index (χ0n) is 14.9. The number of rotatable bonds is 4. The van der Waals surface area contributed by atoms with Crippen molar-refractivity contribution in [3.63, 3.8) is 0 Å². The van der Waals surface area contributed by atoms with Crippen molar-refractivity contribution in [2.45, 2.75) is 25.8 Å². The molecule has 3 aromatic rings. The lowest BCUT2D eigenvalue weighted by Crippen LogP contribution is -2.28. The van der Waals surface area contributed by atoms with Crippen molar-refractivity contribution in [2.24, 2.45) is 0 Å². The molecule has 0 saturated carbocycles. The molecule has 1 aliphatic heterocycles. The normalized spacial score (nSPS) is 14.6. The van der Waals surface area contributed by atoms with Crippen molar-refractivity contribution in [2.75, 3.05) is 13.2 Å². The first-order valence-electron chi connectivity index (χ1n) is 8.92. The summed E-state index contributed by atoms with van der Waals surface area (Å²) >= 11 is 6.30. The smallest absolute Gasteiger partial charge is 0.225 e. The third kappa shape index (κ3) is 3.85. The Kier molecular flexibility index (Phi) is 4.90. The van der Waals surface area contributed by atoms with E-state index in [0.717, 1.165) is 28.8 Å². The summed E-state index contributed by atoms with van der Waals surface area (Å²) in [5.41, 5.74) is 2.60. The number of carbonyl (C=O) groups excluding carboxylic acids is 1. The Hall–Kier alpha value is -2.73. The Balaban J connectivity index is 1.46. The maximum Gasteiger partial charge on any atom is 0.225 e. The van der Waals surface area contributed by atoms with E-state index in [4.69, 9.17) is 21.1 Å². The lowest BCUT2D eigenvalue weighted by Gasteiger charge is -2.14. The number of aromatic amines is 1. The summed E-state index contributed by atoms with van der Waals surface area (Å²) in [4.78, 5) is 20.3. The van der Waals surface area contributed by atoms with Gasteiger partial charge in [0.25, 0.3) is 0 Å². The van der Waals surface area contributed by atoms with Gasteiger partial charge in [-0.1, -0.05) is 23.7 Å². The SMILES string of the molecule is C[C@H](NC(=O)Cc1cc(Cl)c2c(c1)OCCCO2)c1nc2ccccc2[nH]1. The van der Waals surface area contributed by atoms with Crippen LogP contribution in [0.2, 0.25) is 5.02 Å². The predicted octanol–water partition coefficient (Wildman–Crippen LogP) is 3.80. The number of carbonyl (C=O) groups is 1. The van der Waals surface area contributed by atoms with Crippen LogP contribution in [0.15, 0.2) is 36.4 Å². The highest BCUT2D eigenvalue weighted by atomic mass is 35.5. The fraction of sp³-hybridized carbons (Fsp3) is 0.300. The van der Waals surface area contributed by atoms with Gasteiger partial charge in [-0.25, -0.2) is 4.98 Å². The summed E-state index contributed by atoms with van der Waals surface area (Å²) in [6.45, 7) is 3.04. The molecule has 7 heteroatoms. The van der Waals surface area contributed by atoms with Crippen molar-refractivity contribution in [3.8, 4) is 11.5 Å². The minimum Gasteiger partial charge on any atom is -0.489 e. The Labute approximate surface area is 161 Å². The molecule has 0 saturated heterocycles. The molecule has 0 spiro atoms. The average molecular weight is 386 g/mol. The topological polar surface area (TPSA) is 76.2 Å². The van der Waals surface area contributed by atoms with E-state index < -0.39 is 0 Å². The number of halogens is 1. The summed E-state index contributed by atoms with van der Waals surface area (Å²) in [6, 6.07) is 11.1. The molecule has 1 aliphatic rings. The van der Waals surface area contributed by atoms with Gasteiger partial charge in [-0.3, -0.25) is 4.79 Å². The Morgan fingerprint density at radius 2 is 2.11 bits per heavy atom. The summed E-state index contributed by atoms with van der Waals surface area (Å²) < 4.78 is 11.3. The molecule has 0 fully saturated rings. The van der Waals surface area contributed by atoms with Crippen LogP contribution in [-0.4, -0.2) is 29.1 Å². The first kappa shape index (κ1) is 17.7. The molecule has 0 radical (unpaired) electrons. The molecular weight excluding hydrogens is 366 g/mol. The fourth-order valence-corrected chi connectivity index (χ4v) is 3.40. The predicted molar refractivity (Wildman–Crippen MR) is 103 cm³/mol. The number of fused-ring (bicyclic) bond motifs is 2. The maximum absolute atomic E-state index is 12.5. The second kappa shape index (κ2) is 7.48. The monoisotopic (exact) mass is 385 g/mol. The van der Waals surface area contributed by atoms with Gasteiger partial charge in [0.15, 0.2) is 11.5 Å². The zero-order valence-corrected chi connectivity index (χ0v) is 15.7. The zero-order chi connectivity index (χ0) is 18.8. The lowest BCUT2D eigenvalue weighted by atomic mass is 10.1. The van der Waals surface area contributed by atoms with Crippen LogP contribution in [0, 0.1) is 0 Å². The molecule has 1 aromatic heterocycles. The van der Waals surface area contributed by atoms with E-state index in [1.807, 2.05) is 37.3 Å². The lowest BCUT2D eigenvalue weighted by molar-refractivity contribution is -0.121. The number of benzene rings is 2. The third-order valence-corrected chi connectivity index (χ3v) is 4.70. The van der Waals surface area contributed by atoms with Crippen LogP contribution in [0.1, 0.15) is 30.8 Å². The van der Waals surface area contributed by atoms with Gasteiger partial charge < -0.3 is 19.8 Å². The number of hydrogen-bond acceptors (Lipinski definition) is 4. The van der Waals surface area contributed by atoms with Crippen molar-refractivity contribution in [1.82, 2.24) is 15.3 Å². The van der Waals surface area contributed by atoms with Crippen molar-refractivity contribution in [1.29, 1.82) is 0 Å². The average Bonchev–Trinajstić information content (AvgIpc) is 2.93. The number of ether oxygens (including phenoxy) is 2. The molecule has 1 atom stereocenters. The van der Waals surface area contributed by atoms with Crippen LogP contribution in [0.5, 0.6) is 11.5 Å². The van der Waals surface area contributed by atoms with Crippen LogP contribution >= 0.6 is 11.6 Å². The summed E-state index contributed by atoms with van der Waals surface area (Å²) in [5.74, 6) is 1.75. The summed E-state index contributed by atoms with van der Waals surface area (Å²) in [5, 5.41) is 3.43. The van der Waals surface area contributed by atoms with Gasteiger partial charge in [0.05, 0.1) is 41.7 Å². The quantitative estimate of drug-likeness (QED) is 0.716. The van der Waals surface area contributed by atoms with Gasteiger partial charge >= 0.3 is 0 Å². The fourth-order valence-electron chi connectivity index (χ4n) is 3.11. The number of hydrogen-bond donors (Lipinski definition) is 2. The standard InChI is InChI=1S/C20H20ClN3O3/c1-12(20-23-15-5-2-3-6-16(15)24-20)22-18(25)11-13-9-14(21)19-17(10-13)26-7-4-8-27-19/h2-3,5-6,9-10,12H,4,7-8,11H2,1H3,(H,22,25)(H,23,24)/t12-/m0/s1. The maximum atomic E-state index is 12.5. The second-order valence-electron chi connectivity index (χ2n) is 6.56. The number of imidazole rings is 1. The molecule has 4 rings (SSSR count). The molecular formula is C20H20ClN3O3. The van der Waals surface area contributed by atoms with E-state index in [1.54, 1.807) is 6.07 Å². The third-order valence-electron chi connectivity index (χ3n) is 4.42. The molecule has 6 nitrogen and oxygen atoms in total. The highest BCUT2D eigenvalue weighted by Crippen LogP contribution is 2.38. The van der Waals surface area contributed by atoms with Crippen LogP contribution in [-0.2, 0) is 11.2 Å². The van der Waals surface area contributed by atoms with E-state index in [0.29, 0.717) is 29.7 Å². The number of nitrogens with zero attached hydrogens (tertiary/aromatic N) is 1. The Morgan fingerprint density at radius 1 is 1.30 bits per heavy atom. The molecule has 140 valence electrons. The van der Waals surface area contributed by atoms with E-state index in [1.165, 1.54) is 0 Å². The van der Waals surface area contributed by atoms with Gasteiger partial charge in [0.2, 0.25) is 5.91 Å². The number of amides is 1. The molecule has 0 unspecified atom stereocenters. The molecule has 1 amide bonds. The molecule has 2 N–H and O–H groups in total. The number of H-pyrrole nitrogens is 1. The van der Waals surface area contributed by atoms with Gasteiger partial charge in [-0.05, 0) is 36.8 Å². The minimum atomic E-state index is -0.235. The molecule has 0 aliphatic carbocycles. The molecule has 0 bridgehead atoms. The molecule has 2 heterocycles. The second-order valence-corrected chi connectivity index (χ2v) is 6.97. The highest BCUT2D eigenvalue weighted by Gasteiger charge is 2.18. The molecule has 27 heavy (non-hydrogen) atoms. The number of aromatic nitrogens is 2. The Bertz CT molecular complexity index is 953. The van der Waals surface area contributed by atoms with Gasteiger partial charge in [-0.15, -0.1) is 0 Å². The van der Waals surface area contributed by atoms with E-state index in [-0.39, 0.29) is 18.4 Å². The first-order valence-corrected chi connectivity index (χ1v) is 9.30. The number of nitrogens with one attached hydrogen (secondary N) is 2. The van der Waals surface area contributed by atoms with Crippen molar-refractivity contribution >= 4 is 28.5 Å². The Morgan fingerprint density at radius 3 is 2.96 bits per heavy atom. The number of para-hydroxylation sites is 2. The minimum absolute atomic E-state index is 0.117. The summed E-state index contributed by atoms with van der Waals surface area (Å²) in [6.07, 6.45) is 0.997. The highest BCUT2D eigenvalue weighted by molar-refractivity contribution is 6.32. The van der Waals surface area contributed by atoms with Crippen LogP contribution in [0.25, 0.3) is 11.0 Å². The van der Waals surface area contributed by atoms with E-state index >= 15 is 0 Å². The van der Waals surface area contributed by atoms with Crippen LogP contribution < -0.4 is 14.8 Å². The van der Waals surface area contributed by atoms with Crippen molar-refractivity contribution < 1.29 is 14.3 Å². The largest absolute Gasteiger partial charge is 0.489 e. The van der Waals surface area contributed by atoms with Gasteiger partial charge in [0.1, 0.15) is 5.82 Å². The first-order chi connectivity index (χ1) is 13.1. The summed E-state index contributed by atoms with van der Waals surface area (Å²) in [7, 11) is 0. The van der Waals surface area contributed by atoms with Crippen molar-refractivity contribution in [3.05, 3.63) is 52.8 Å². The van der Waals surface area contributed by atoms with Crippen LogP contribution in [0.4, 0.5) is 0 Å². The van der Waals surface area contributed by atoms with Gasteiger partial charge in [-0.2, -0.15) is 0 Å². The molecule has 2 aromatic carbocycles. The van der Waals surface area contributed by atoms with Crippen LogP contribution in [0.3, 0.4) is 0 Å².